The number of amides is 1. The molecule has 130 valence electrons. The molecule has 1 saturated heterocycles. The summed E-state index contributed by atoms with van der Waals surface area (Å²) in [6.07, 6.45) is 2.29. The first kappa shape index (κ1) is 16.9. The van der Waals surface area contributed by atoms with Crippen molar-refractivity contribution in [2.45, 2.75) is 29.7 Å². The molecule has 10 heteroatoms. The highest BCUT2D eigenvalue weighted by Crippen LogP contribution is 2.26. The maximum absolute atomic E-state index is 11.8. The van der Waals surface area contributed by atoms with Gasteiger partial charge in [-0.15, -0.1) is 10.2 Å². The lowest BCUT2D eigenvalue weighted by molar-refractivity contribution is 0.0779. The molecule has 0 spiro atoms. The van der Waals surface area contributed by atoms with E-state index in [2.05, 4.69) is 25.7 Å². The normalized spacial score (nSPS) is 17.9. The summed E-state index contributed by atoms with van der Waals surface area (Å²) in [7, 11) is 5.26. The fourth-order valence-corrected chi connectivity index (χ4v) is 3.36. The van der Waals surface area contributed by atoms with Gasteiger partial charge in [0.05, 0.1) is 5.75 Å². The zero-order chi connectivity index (χ0) is 17.1. The average Bonchev–Trinajstić information content (AvgIpc) is 3.20. The zero-order valence-electron chi connectivity index (χ0n) is 14.0. The third-order valence-corrected chi connectivity index (χ3v) is 4.93. The topological polar surface area (TPSA) is 102 Å². The first-order chi connectivity index (χ1) is 11.6. The second kappa shape index (κ2) is 7.31. The summed E-state index contributed by atoms with van der Waals surface area (Å²) in [5, 5.41) is 16.6. The molecule has 1 N–H and O–H groups in total. The number of rotatable bonds is 5. The molecule has 0 bridgehead atoms. The largest absolute Gasteiger partial charge is 0.341 e. The van der Waals surface area contributed by atoms with Crippen LogP contribution < -0.4 is 5.32 Å². The highest BCUT2D eigenvalue weighted by Gasteiger charge is 2.22. The molecule has 3 rings (SSSR count). The molecule has 0 aliphatic carbocycles. The maximum Gasteiger partial charge on any atom is 0.316 e. The van der Waals surface area contributed by atoms with Crippen molar-refractivity contribution in [3.63, 3.8) is 0 Å². The van der Waals surface area contributed by atoms with Crippen LogP contribution in [0.2, 0.25) is 0 Å². The Labute approximate surface area is 144 Å². The Morgan fingerprint density at radius 3 is 3.00 bits per heavy atom. The molecule has 1 fully saturated rings. The minimum Gasteiger partial charge on any atom is -0.341 e. The Balaban J connectivity index is 1.63. The molecule has 24 heavy (non-hydrogen) atoms. The number of carbonyl (C=O) groups is 1. The minimum atomic E-state index is -0.301. The van der Waals surface area contributed by atoms with E-state index in [0.29, 0.717) is 17.5 Å². The number of nitrogens with one attached hydrogen (secondary N) is 1. The quantitative estimate of drug-likeness (QED) is 0.784. The standard InChI is InChI=1S/C14H21N7O2S/c1-20(2)13(22)12-16-10(19-23-12)8-24-14-18-17-11(21(14)3)9-5-4-6-15-7-9/h9,15H,4-8H2,1-3H3/t9-/m0/s1. The van der Waals surface area contributed by atoms with Crippen molar-refractivity contribution in [2.24, 2.45) is 7.05 Å². The van der Waals surface area contributed by atoms with Gasteiger partial charge in [0.15, 0.2) is 11.0 Å². The van der Waals surface area contributed by atoms with Crippen LogP contribution in [0.5, 0.6) is 0 Å². The number of piperidine rings is 1. The van der Waals surface area contributed by atoms with Crippen molar-refractivity contribution in [3.05, 3.63) is 17.5 Å². The van der Waals surface area contributed by atoms with Crippen molar-refractivity contribution >= 4 is 17.7 Å². The van der Waals surface area contributed by atoms with Crippen molar-refractivity contribution in [1.29, 1.82) is 0 Å². The van der Waals surface area contributed by atoms with Crippen LogP contribution in [0.3, 0.4) is 0 Å². The Kier molecular flexibility index (Phi) is 5.14. The molecule has 1 aliphatic heterocycles. The van der Waals surface area contributed by atoms with Crippen LogP contribution in [0, 0.1) is 0 Å². The Morgan fingerprint density at radius 1 is 1.46 bits per heavy atom. The van der Waals surface area contributed by atoms with E-state index < -0.39 is 0 Å². The Hall–Kier alpha value is -1.94. The number of aromatic nitrogens is 5. The van der Waals surface area contributed by atoms with E-state index in [1.807, 2.05) is 11.6 Å². The third-order valence-electron chi connectivity index (χ3n) is 3.92. The van der Waals surface area contributed by atoms with Crippen LogP contribution in [0.15, 0.2) is 9.68 Å². The lowest BCUT2D eigenvalue weighted by Gasteiger charge is -2.21. The van der Waals surface area contributed by atoms with Crippen LogP contribution in [0.1, 0.15) is 41.1 Å². The number of nitrogens with zero attached hydrogens (tertiary/aromatic N) is 6. The SMILES string of the molecule is CN(C)C(=O)c1nc(CSc2nnc([C@H]3CCCNC3)n2C)no1. The predicted octanol–water partition coefficient (Wildman–Crippen LogP) is 0.659. The number of hydrogen-bond donors (Lipinski definition) is 1. The molecular formula is C14H21N7O2S. The van der Waals surface area contributed by atoms with E-state index in [-0.39, 0.29) is 11.8 Å². The van der Waals surface area contributed by atoms with E-state index in [1.165, 1.54) is 16.7 Å². The van der Waals surface area contributed by atoms with Gasteiger partial charge < -0.3 is 19.3 Å². The highest BCUT2D eigenvalue weighted by molar-refractivity contribution is 7.98. The molecular weight excluding hydrogens is 330 g/mol. The summed E-state index contributed by atoms with van der Waals surface area (Å²) in [5.41, 5.74) is 0. The number of carbonyl (C=O) groups excluding carboxylic acids is 1. The van der Waals surface area contributed by atoms with Crippen LogP contribution in [0.25, 0.3) is 0 Å². The molecule has 2 aromatic heterocycles. The summed E-state index contributed by atoms with van der Waals surface area (Å²) in [4.78, 5) is 17.3. The van der Waals surface area contributed by atoms with Gasteiger partial charge in [0, 0.05) is 33.6 Å². The molecule has 9 nitrogen and oxygen atoms in total. The maximum atomic E-state index is 11.8. The number of thioether (sulfide) groups is 1. The predicted molar refractivity (Wildman–Crippen MR) is 87.7 cm³/mol. The zero-order valence-corrected chi connectivity index (χ0v) is 14.8. The van der Waals surface area contributed by atoms with Gasteiger partial charge in [0.25, 0.3) is 0 Å². The molecule has 0 radical (unpaired) electrons. The minimum absolute atomic E-state index is 0.00235. The van der Waals surface area contributed by atoms with E-state index in [1.54, 1.807) is 14.1 Å². The van der Waals surface area contributed by atoms with E-state index in [9.17, 15) is 4.79 Å². The molecule has 3 heterocycles. The van der Waals surface area contributed by atoms with Gasteiger partial charge in [-0.2, -0.15) is 4.98 Å². The van der Waals surface area contributed by atoms with Crippen molar-refractivity contribution in [3.8, 4) is 0 Å². The van der Waals surface area contributed by atoms with Gasteiger partial charge >= 0.3 is 11.8 Å². The van der Waals surface area contributed by atoms with Crippen LogP contribution in [-0.2, 0) is 12.8 Å². The Bertz CT molecular complexity index is 706. The van der Waals surface area contributed by atoms with Crippen molar-refractivity contribution in [2.75, 3.05) is 27.2 Å². The molecule has 0 saturated carbocycles. The average molecular weight is 351 g/mol. The summed E-state index contributed by atoms with van der Waals surface area (Å²) in [5.74, 6) is 2.04. The molecule has 1 aliphatic rings. The van der Waals surface area contributed by atoms with Gasteiger partial charge in [-0.25, -0.2) is 0 Å². The molecule has 0 unspecified atom stereocenters. The van der Waals surface area contributed by atoms with Crippen molar-refractivity contribution < 1.29 is 9.32 Å². The monoisotopic (exact) mass is 351 g/mol. The summed E-state index contributed by atoms with van der Waals surface area (Å²) < 4.78 is 7.01. The first-order valence-corrected chi connectivity index (χ1v) is 8.82. The lowest BCUT2D eigenvalue weighted by Crippen LogP contribution is -2.29. The van der Waals surface area contributed by atoms with E-state index in [0.717, 1.165) is 36.9 Å². The lowest BCUT2D eigenvalue weighted by atomic mass is 9.99. The van der Waals surface area contributed by atoms with Crippen LogP contribution >= 0.6 is 11.8 Å². The van der Waals surface area contributed by atoms with Crippen LogP contribution in [-0.4, -0.2) is 62.9 Å². The van der Waals surface area contributed by atoms with Gasteiger partial charge in [0.2, 0.25) is 0 Å². The molecule has 1 amide bonds. The van der Waals surface area contributed by atoms with Gasteiger partial charge in [-0.3, -0.25) is 4.79 Å². The second-order valence-electron chi connectivity index (χ2n) is 5.95. The molecule has 0 aromatic carbocycles. The first-order valence-electron chi connectivity index (χ1n) is 7.83. The fourth-order valence-electron chi connectivity index (χ4n) is 2.60. The van der Waals surface area contributed by atoms with Crippen molar-refractivity contribution in [1.82, 2.24) is 35.1 Å². The number of hydrogen-bond acceptors (Lipinski definition) is 8. The highest BCUT2D eigenvalue weighted by atomic mass is 32.2. The molecule has 2 aromatic rings. The fraction of sp³-hybridized carbons (Fsp3) is 0.643. The van der Waals surface area contributed by atoms with Gasteiger partial charge in [-0.1, -0.05) is 16.9 Å². The summed E-state index contributed by atoms with van der Waals surface area (Å²) in [6.45, 7) is 2.01. The van der Waals surface area contributed by atoms with E-state index >= 15 is 0 Å². The van der Waals surface area contributed by atoms with Gasteiger partial charge in [0.1, 0.15) is 5.82 Å². The second-order valence-corrected chi connectivity index (χ2v) is 6.89. The van der Waals surface area contributed by atoms with Gasteiger partial charge in [-0.05, 0) is 19.4 Å². The Morgan fingerprint density at radius 2 is 2.29 bits per heavy atom. The third kappa shape index (κ3) is 3.59. The summed E-state index contributed by atoms with van der Waals surface area (Å²) >= 11 is 1.48. The van der Waals surface area contributed by atoms with E-state index in [4.69, 9.17) is 4.52 Å². The summed E-state index contributed by atoms with van der Waals surface area (Å²) in [6, 6.07) is 0. The van der Waals surface area contributed by atoms with Crippen LogP contribution in [0.4, 0.5) is 0 Å². The molecule has 1 atom stereocenters. The smallest absolute Gasteiger partial charge is 0.316 e.